The van der Waals surface area contributed by atoms with Gasteiger partial charge in [-0.2, -0.15) is 4.52 Å². The standard InChI is InChI=1S/C22H13Cl2N3O/c23-15-6-9-17(10-7-15)26-20(14-4-2-1-3-5-14)13-21-25-19-12-16(24)8-11-18(19)22(28)27(21)26/h1-13H. The Bertz CT molecular complexity index is 1390. The number of hydrogen-bond acceptors (Lipinski definition) is 2. The van der Waals surface area contributed by atoms with E-state index in [1.165, 1.54) is 0 Å². The molecule has 0 amide bonds. The second kappa shape index (κ2) is 6.51. The first-order valence-electron chi connectivity index (χ1n) is 8.67. The van der Waals surface area contributed by atoms with Gasteiger partial charge >= 0.3 is 0 Å². The third-order valence-corrected chi connectivity index (χ3v) is 5.16. The second-order valence-corrected chi connectivity index (χ2v) is 7.31. The Morgan fingerprint density at radius 1 is 0.786 bits per heavy atom. The van der Waals surface area contributed by atoms with E-state index in [1.54, 1.807) is 34.8 Å². The van der Waals surface area contributed by atoms with Crippen molar-refractivity contribution in [3.8, 4) is 16.9 Å². The minimum atomic E-state index is -0.159. The van der Waals surface area contributed by atoms with Crippen molar-refractivity contribution in [2.24, 2.45) is 0 Å². The number of aromatic nitrogens is 3. The highest BCUT2D eigenvalue weighted by atomic mass is 35.5. The zero-order chi connectivity index (χ0) is 19.3. The summed E-state index contributed by atoms with van der Waals surface area (Å²) in [4.78, 5) is 18.0. The molecule has 3 aromatic carbocycles. The van der Waals surface area contributed by atoms with Crippen molar-refractivity contribution in [2.75, 3.05) is 0 Å². The maximum absolute atomic E-state index is 13.3. The second-order valence-electron chi connectivity index (χ2n) is 6.43. The van der Waals surface area contributed by atoms with Gasteiger partial charge in [0.2, 0.25) is 0 Å². The van der Waals surface area contributed by atoms with Crippen LogP contribution < -0.4 is 5.56 Å². The van der Waals surface area contributed by atoms with Crippen LogP contribution in [0.15, 0.2) is 83.7 Å². The molecule has 28 heavy (non-hydrogen) atoms. The summed E-state index contributed by atoms with van der Waals surface area (Å²) in [7, 11) is 0. The van der Waals surface area contributed by atoms with Gasteiger partial charge in [0, 0.05) is 21.7 Å². The number of hydrogen-bond donors (Lipinski definition) is 0. The average Bonchev–Trinajstić information content (AvgIpc) is 3.09. The number of fused-ring (bicyclic) bond motifs is 2. The van der Waals surface area contributed by atoms with Crippen molar-refractivity contribution in [2.45, 2.75) is 0 Å². The largest absolute Gasteiger partial charge is 0.281 e. The van der Waals surface area contributed by atoms with Crippen molar-refractivity contribution >= 4 is 39.8 Å². The number of rotatable bonds is 2. The molecule has 0 spiro atoms. The van der Waals surface area contributed by atoms with Crippen molar-refractivity contribution in [1.29, 1.82) is 0 Å². The Labute approximate surface area is 170 Å². The van der Waals surface area contributed by atoms with E-state index in [1.807, 2.05) is 53.2 Å². The van der Waals surface area contributed by atoms with Crippen LogP contribution in [0.5, 0.6) is 0 Å². The van der Waals surface area contributed by atoms with Gasteiger partial charge in [0.1, 0.15) is 0 Å². The van der Waals surface area contributed by atoms with Gasteiger partial charge in [-0.05, 0) is 42.5 Å². The summed E-state index contributed by atoms with van der Waals surface area (Å²) in [5, 5.41) is 1.69. The maximum atomic E-state index is 13.3. The summed E-state index contributed by atoms with van der Waals surface area (Å²) in [5.74, 6) is 0. The van der Waals surface area contributed by atoms with E-state index in [0.29, 0.717) is 26.6 Å². The summed E-state index contributed by atoms with van der Waals surface area (Å²) in [6, 6.07) is 24.3. The topological polar surface area (TPSA) is 39.3 Å². The first-order chi connectivity index (χ1) is 13.6. The monoisotopic (exact) mass is 405 g/mol. The van der Waals surface area contributed by atoms with Crippen molar-refractivity contribution in [3.05, 3.63) is 99.3 Å². The van der Waals surface area contributed by atoms with Crippen molar-refractivity contribution in [1.82, 2.24) is 14.2 Å². The molecule has 4 nitrogen and oxygen atoms in total. The lowest BCUT2D eigenvalue weighted by Gasteiger charge is -2.12. The molecule has 0 bridgehead atoms. The maximum Gasteiger partial charge on any atom is 0.281 e. The highest BCUT2D eigenvalue weighted by Gasteiger charge is 2.17. The molecule has 0 aliphatic rings. The van der Waals surface area contributed by atoms with Crippen LogP contribution in [0.2, 0.25) is 10.0 Å². The van der Waals surface area contributed by atoms with Gasteiger partial charge in [-0.1, -0.05) is 53.5 Å². The summed E-state index contributed by atoms with van der Waals surface area (Å²) in [6.07, 6.45) is 0. The molecule has 0 saturated heterocycles. The summed E-state index contributed by atoms with van der Waals surface area (Å²) in [5.41, 5.74) is 3.61. The average molecular weight is 406 g/mol. The van der Waals surface area contributed by atoms with Gasteiger partial charge in [-0.25, -0.2) is 9.67 Å². The lowest BCUT2D eigenvalue weighted by Crippen LogP contribution is -2.21. The number of halogens is 2. The first kappa shape index (κ1) is 17.0. The van der Waals surface area contributed by atoms with Crippen molar-refractivity contribution in [3.63, 3.8) is 0 Å². The van der Waals surface area contributed by atoms with E-state index >= 15 is 0 Å². The predicted octanol–water partition coefficient (Wildman–Crippen LogP) is 5.61. The Balaban J connectivity index is 1.94. The fourth-order valence-corrected chi connectivity index (χ4v) is 3.69. The fourth-order valence-electron chi connectivity index (χ4n) is 3.40. The third kappa shape index (κ3) is 2.70. The van der Waals surface area contributed by atoms with Gasteiger partial charge in [0.25, 0.3) is 5.56 Å². The highest BCUT2D eigenvalue weighted by molar-refractivity contribution is 6.31. The quantitative estimate of drug-likeness (QED) is 0.382. The van der Waals surface area contributed by atoms with Crippen LogP contribution in [-0.2, 0) is 0 Å². The van der Waals surface area contributed by atoms with Gasteiger partial charge < -0.3 is 0 Å². The molecule has 5 rings (SSSR count). The molecule has 0 fully saturated rings. The Morgan fingerprint density at radius 2 is 1.50 bits per heavy atom. The summed E-state index contributed by atoms with van der Waals surface area (Å²) in [6.45, 7) is 0. The molecule has 2 aromatic heterocycles. The van der Waals surface area contributed by atoms with E-state index < -0.39 is 0 Å². The van der Waals surface area contributed by atoms with E-state index in [-0.39, 0.29) is 5.56 Å². The molecule has 0 atom stereocenters. The third-order valence-electron chi connectivity index (χ3n) is 4.67. The summed E-state index contributed by atoms with van der Waals surface area (Å²) < 4.78 is 3.45. The molecule has 0 N–H and O–H groups in total. The van der Waals surface area contributed by atoms with Crippen LogP contribution in [0.4, 0.5) is 0 Å². The lowest BCUT2D eigenvalue weighted by atomic mass is 10.1. The van der Waals surface area contributed by atoms with E-state index in [0.717, 1.165) is 16.9 Å². The van der Waals surface area contributed by atoms with Crippen LogP contribution in [0.3, 0.4) is 0 Å². The van der Waals surface area contributed by atoms with E-state index in [2.05, 4.69) is 4.98 Å². The fraction of sp³-hybridized carbons (Fsp3) is 0. The van der Waals surface area contributed by atoms with Gasteiger partial charge in [0.05, 0.1) is 22.3 Å². The first-order valence-corrected chi connectivity index (χ1v) is 9.43. The summed E-state index contributed by atoms with van der Waals surface area (Å²) >= 11 is 12.2. The number of nitrogens with zero attached hydrogens (tertiary/aromatic N) is 3. The Morgan fingerprint density at radius 3 is 2.25 bits per heavy atom. The number of benzene rings is 3. The van der Waals surface area contributed by atoms with E-state index in [4.69, 9.17) is 23.2 Å². The molecule has 0 aliphatic heterocycles. The minimum Gasteiger partial charge on any atom is -0.267 e. The molecular weight excluding hydrogens is 393 g/mol. The van der Waals surface area contributed by atoms with Crippen LogP contribution in [0, 0.1) is 0 Å². The Hall–Kier alpha value is -3.08. The molecule has 2 heterocycles. The molecule has 0 unspecified atom stereocenters. The highest BCUT2D eigenvalue weighted by Crippen LogP contribution is 2.27. The van der Waals surface area contributed by atoms with Crippen LogP contribution in [0.1, 0.15) is 0 Å². The SMILES string of the molecule is O=c1c2ccc(Cl)cc2nc2cc(-c3ccccc3)n(-c3ccc(Cl)cc3)n12. The molecule has 5 aromatic rings. The molecule has 136 valence electrons. The normalized spacial score (nSPS) is 11.4. The smallest absolute Gasteiger partial charge is 0.267 e. The molecular formula is C22H13Cl2N3O. The zero-order valence-corrected chi connectivity index (χ0v) is 16.0. The predicted molar refractivity (Wildman–Crippen MR) is 114 cm³/mol. The van der Waals surface area contributed by atoms with Gasteiger partial charge in [0.15, 0.2) is 5.65 Å². The molecule has 6 heteroatoms. The van der Waals surface area contributed by atoms with E-state index in [9.17, 15) is 4.79 Å². The van der Waals surface area contributed by atoms with Crippen LogP contribution >= 0.6 is 23.2 Å². The lowest BCUT2D eigenvalue weighted by molar-refractivity contribution is 0.779. The Kier molecular flexibility index (Phi) is 3.97. The van der Waals surface area contributed by atoms with Gasteiger partial charge in [-0.3, -0.25) is 4.79 Å². The van der Waals surface area contributed by atoms with Crippen LogP contribution in [-0.4, -0.2) is 14.2 Å². The van der Waals surface area contributed by atoms with Crippen molar-refractivity contribution < 1.29 is 0 Å². The zero-order valence-electron chi connectivity index (χ0n) is 14.5. The molecule has 0 aliphatic carbocycles. The molecule has 0 radical (unpaired) electrons. The van der Waals surface area contributed by atoms with Gasteiger partial charge in [-0.15, -0.1) is 0 Å². The van der Waals surface area contributed by atoms with Crippen LogP contribution in [0.25, 0.3) is 33.5 Å². The molecule has 0 saturated carbocycles. The minimum absolute atomic E-state index is 0.159.